The third kappa shape index (κ3) is 7.99. The van der Waals surface area contributed by atoms with Gasteiger partial charge in [-0.1, -0.05) is 18.5 Å². The average Bonchev–Trinajstić information content (AvgIpc) is 2.85. The molecule has 0 spiro atoms. The van der Waals surface area contributed by atoms with Gasteiger partial charge < -0.3 is 9.47 Å². The second-order valence-corrected chi connectivity index (χ2v) is 10.7. The van der Waals surface area contributed by atoms with Crippen molar-refractivity contribution >= 4 is 15.7 Å². The number of methoxy groups -OCH3 is 1. The lowest BCUT2D eigenvalue weighted by Crippen LogP contribution is -2.40. The van der Waals surface area contributed by atoms with E-state index >= 15 is 0 Å². The zero-order chi connectivity index (χ0) is 25.3. The minimum absolute atomic E-state index is 0.0857. The maximum absolute atomic E-state index is 12.9. The number of aromatic nitrogens is 1. The van der Waals surface area contributed by atoms with E-state index in [0.717, 1.165) is 45.1 Å². The van der Waals surface area contributed by atoms with Crippen molar-refractivity contribution < 1.29 is 27.9 Å². The Kier molecular flexibility index (Phi) is 10.0. The number of benzene rings is 1. The van der Waals surface area contributed by atoms with Gasteiger partial charge in [0.1, 0.15) is 5.75 Å². The van der Waals surface area contributed by atoms with E-state index in [1.54, 1.807) is 18.2 Å². The molecule has 0 bridgehead atoms. The topological polar surface area (TPSA) is 118 Å². The van der Waals surface area contributed by atoms with Crippen LogP contribution in [-0.4, -0.2) is 49.5 Å². The Morgan fingerprint density at radius 3 is 2.54 bits per heavy atom. The number of nitrogens with zero attached hydrogens (tertiary/aromatic N) is 2. The van der Waals surface area contributed by atoms with E-state index in [4.69, 9.17) is 9.47 Å². The highest BCUT2D eigenvalue weighted by Crippen LogP contribution is 2.28. The second kappa shape index (κ2) is 13.0. The molecule has 0 aliphatic heterocycles. The molecule has 2 aromatic rings. The normalized spacial score (nSPS) is 18.4. The third-order valence-electron chi connectivity index (χ3n) is 6.15. The molecule has 1 heterocycles. The van der Waals surface area contributed by atoms with Crippen LogP contribution >= 0.6 is 0 Å². The fourth-order valence-electron chi connectivity index (χ4n) is 4.13. The number of sulfone groups is 1. The van der Waals surface area contributed by atoms with Crippen LogP contribution in [-0.2, 0) is 25.9 Å². The van der Waals surface area contributed by atoms with Crippen molar-refractivity contribution in [1.29, 1.82) is 0 Å². The molecular weight excluding hydrogens is 470 g/mol. The number of ether oxygens (including phenoxy) is 2. The van der Waals surface area contributed by atoms with Gasteiger partial charge in [0.05, 0.1) is 24.7 Å². The number of amides is 1. The molecule has 10 heteroatoms. The summed E-state index contributed by atoms with van der Waals surface area (Å²) in [6.45, 7) is 2.85. The molecule has 2 N–H and O–H groups in total. The van der Waals surface area contributed by atoms with Crippen molar-refractivity contribution in [3.8, 4) is 5.75 Å². The summed E-state index contributed by atoms with van der Waals surface area (Å²) in [6, 6.07) is 9.00. The van der Waals surface area contributed by atoms with E-state index in [0.29, 0.717) is 22.9 Å². The number of hydrogen-bond acceptors (Lipinski definition) is 8. The predicted octanol–water partition coefficient (Wildman–Crippen LogP) is 3.91. The molecule has 1 aromatic carbocycles. The van der Waals surface area contributed by atoms with Crippen molar-refractivity contribution in [3.05, 3.63) is 48.2 Å². The van der Waals surface area contributed by atoms with E-state index in [9.17, 15) is 18.4 Å². The zero-order valence-corrected chi connectivity index (χ0v) is 21.2. The quantitative estimate of drug-likeness (QED) is 0.329. The highest BCUT2D eigenvalue weighted by Gasteiger charge is 2.24. The molecule has 1 amide bonds. The van der Waals surface area contributed by atoms with Gasteiger partial charge in [-0.3, -0.25) is 15.4 Å². The molecule has 0 radical (unpaired) electrons. The highest BCUT2D eigenvalue weighted by molar-refractivity contribution is 7.91. The number of carbonyl (C=O) groups excluding carboxylic acids is 1. The molecule has 1 aliphatic carbocycles. The standard InChI is InChI=1S/C25H35N3O6S/c1-3-4-15-34-22-7-5-19(6-8-22)16-24(29)27-28(30)18-20-13-14-26-25(17-20)35(31,32)23-11-9-21(33-2)10-12-23/h9-14,17,19,22,30H,3-8,15-16,18H2,1-2H3,(H,27,29). The first-order valence-corrected chi connectivity index (χ1v) is 13.5. The van der Waals surface area contributed by atoms with Crippen LogP contribution in [0, 0.1) is 5.92 Å². The van der Waals surface area contributed by atoms with Crippen molar-refractivity contribution in [2.24, 2.45) is 5.92 Å². The third-order valence-corrected chi connectivity index (χ3v) is 7.82. The van der Waals surface area contributed by atoms with Crippen LogP contribution < -0.4 is 10.2 Å². The summed E-state index contributed by atoms with van der Waals surface area (Å²) in [5.74, 6) is 0.533. The lowest BCUT2D eigenvalue weighted by atomic mass is 9.85. The van der Waals surface area contributed by atoms with Gasteiger partial charge in [0.25, 0.3) is 0 Å². The second-order valence-electron chi connectivity index (χ2n) is 8.85. The first kappa shape index (κ1) is 27.1. The lowest BCUT2D eigenvalue weighted by Gasteiger charge is -2.28. The number of unbranched alkanes of at least 4 members (excludes halogenated alkanes) is 1. The van der Waals surface area contributed by atoms with Crippen LogP contribution in [0.3, 0.4) is 0 Å². The summed E-state index contributed by atoms with van der Waals surface area (Å²) in [7, 11) is -2.34. The Morgan fingerprint density at radius 2 is 1.89 bits per heavy atom. The van der Waals surface area contributed by atoms with Crippen molar-refractivity contribution in [3.63, 3.8) is 0 Å². The number of hydroxylamine groups is 1. The molecule has 35 heavy (non-hydrogen) atoms. The van der Waals surface area contributed by atoms with E-state index < -0.39 is 9.84 Å². The van der Waals surface area contributed by atoms with Gasteiger partial charge in [0.2, 0.25) is 15.7 Å². The molecule has 3 rings (SSSR count). The first-order valence-electron chi connectivity index (χ1n) is 12.0. The fraction of sp³-hybridized carbons (Fsp3) is 0.520. The van der Waals surface area contributed by atoms with Crippen LogP contribution in [0.25, 0.3) is 0 Å². The van der Waals surface area contributed by atoms with Gasteiger partial charge in [-0.05, 0) is 80.0 Å². The molecule has 1 saturated carbocycles. The molecule has 1 fully saturated rings. The van der Waals surface area contributed by atoms with Crippen LogP contribution in [0.2, 0.25) is 0 Å². The minimum Gasteiger partial charge on any atom is -0.497 e. The molecular formula is C25H35N3O6S. The smallest absolute Gasteiger partial charge is 0.236 e. The summed E-state index contributed by atoms with van der Waals surface area (Å²) in [5, 5.41) is 10.8. The van der Waals surface area contributed by atoms with Gasteiger partial charge in [-0.15, -0.1) is 0 Å². The summed E-state index contributed by atoms with van der Waals surface area (Å²) < 4.78 is 36.8. The Balaban J connectivity index is 1.50. The fourth-order valence-corrected chi connectivity index (χ4v) is 5.37. The van der Waals surface area contributed by atoms with Crippen molar-refractivity contribution in [1.82, 2.24) is 15.6 Å². The van der Waals surface area contributed by atoms with E-state index in [1.807, 2.05) is 0 Å². The molecule has 9 nitrogen and oxygen atoms in total. The molecule has 192 valence electrons. The van der Waals surface area contributed by atoms with Gasteiger partial charge in [0.15, 0.2) is 5.03 Å². The summed E-state index contributed by atoms with van der Waals surface area (Å²) >= 11 is 0. The van der Waals surface area contributed by atoms with Crippen molar-refractivity contribution in [2.75, 3.05) is 13.7 Å². The lowest BCUT2D eigenvalue weighted by molar-refractivity contribution is -0.166. The number of nitrogens with one attached hydrogen (secondary N) is 1. The van der Waals surface area contributed by atoms with Crippen LogP contribution in [0.4, 0.5) is 0 Å². The maximum atomic E-state index is 12.9. The number of rotatable bonds is 12. The Bertz CT molecular complexity index is 1050. The van der Waals surface area contributed by atoms with E-state index in [2.05, 4.69) is 17.3 Å². The van der Waals surface area contributed by atoms with E-state index in [-0.39, 0.29) is 34.4 Å². The molecule has 0 unspecified atom stereocenters. The largest absolute Gasteiger partial charge is 0.497 e. The monoisotopic (exact) mass is 505 g/mol. The van der Waals surface area contributed by atoms with Crippen molar-refractivity contribution in [2.45, 2.75) is 74.4 Å². The zero-order valence-electron chi connectivity index (χ0n) is 20.4. The first-order chi connectivity index (χ1) is 16.8. The van der Waals surface area contributed by atoms with E-state index in [1.165, 1.54) is 31.5 Å². The summed E-state index contributed by atoms with van der Waals surface area (Å²) in [6.07, 6.45) is 7.91. The molecule has 0 saturated heterocycles. The maximum Gasteiger partial charge on any atom is 0.236 e. The number of pyridine rings is 1. The highest BCUT2D eigenvalue weighted by atomic mass is 32.2. The van der Waals surface area contributed by atoms with Gasteiger partial charge in [-0.25, -0.2) is 13.4 Å². The van der Waals surface area contributed by atoms with Gasteiger partial charge in [-0.2, -0.15) is 0 Å². The summed E-state index contributed by atoms with van der Waals surface area (Å²) in [5.41, 5.74) is 2.95. The average molecular weight is 506 g/mol. The SMILES string of the molecule is CCCCOC1CCC(CC(=O)NN(O)Cc2ccnc(S(=O)(=O)c3ccc(OC)cc3)c2)CC1. The Labute approximate surface area is 207 Å². The molecule has 0 atom stereocenters. The van der Waals surface area contributed by atoms with Crippen LogP contribution in [0.15, 0.2) is 52.5 Å². The Hall–Kier alpha value is -2.53. The molecule has 1 aliphatic rings. The van der Waals surface area contributed by atoms with Gasteiger partial charge in [0, 0.05) is 19.2 Å². The number of hydrogen-bond donors (Lipinski definition) is 2. The van der Waals surface area contributed by atoms with Crippen LogP contribution in [0.5, 0.6) is 5.75 Å². The number of carbonyl (C=O) groups is 1. The summed E-state index contributed by atoms with van der Waals surface area (Å²) in [4.78, 5) is 16.5. The van der Waals surface area contributed by atoms with Crippen LogP contribution in [0.1, 0.15) is 57.4 Å². The Morgan fingerprint density at radius 1 is 1.17 bits per heavy atom. The predicted molar refractivity (Wildman–Crippen MR) is 129 cm³/mol. The minimum atomic E-state index is -3.84. The molecule has 1 aromatic heterocycles. The number of hydrazine groups is 1. The van der Waals surface area contributed by atoms with Gasteiger partial charge >= 0.3 is 0 Å².